The van der Waals surface area contributed by atoms with Gasteiger partial charge < -0.3 is 49.6 Å². The van der Waals surface area contributed by atoms with Crippen molar-refractivity contribution in [3.63, 3.8) is 0 Å². The van der Waals surface area contributed by atoms with Gasteiger partial charge in [0.05, 0.1) is 0 Å². The van der Waals surface area contributed by atoms with E-state index < -0.39 is 0 Å². The minimum Gasteiger partial charge on any atom is -1.00 e. The molecule has 0 bridgehead atoms. The fraction of sp³-hybridized carbons (Fsp3) is 1.00. The molecule has 0 saturated heterocycles. The van der Waals surface area contributed by atoms with Crippen LogP contribution in [0.4, 0.5) is 0 Å². The molecule has 0 fully saturated rings. The van der Waals surface area contributed by atoms with Gasteiger partial charge in [-0.25, -0.2) is 0 Å². The third-order valence-electron chi connectivity index (χ3n) is 3.24. The van der Waals surface area contributed by atoms with Crippen LogP contribution in [0.5, 0.6) is 0 Å². The molecule has 0 N–H and O–H groups in total. The Morgan fingerprint density at radius 2 is 0.480 bits per heavy atom. The van der Waals surface area contributed by atoms with Gasteiger partial charge in [0, 0.05) is 0 Å². The van der Waals surface area contributed by atoms with E-state index in [1.54, 1.807) is 0 Å². The molecular weight excluding hydrogens is 511 g/mol. The summed E-state index contributed by atoms with van der Waals surface area (Å²) in [6.07, 6.45) is 17.4. The van der Waals surface area contributed by atoms with Crippen LogP contribution in [0, 0.1) is 0 Å². The molecule has 0 radical (unpaired) electrons. The zero-order chi connectivity index (χ0) is 15.6. The Morgan fingerprint density at radius 3 is 0.560 bits per heavy atom. The molecule has 0 atom stereocenters. The second-order valence-corrected chi connectivity index (χ2v) is 11.0. The molecule has 156 valence electrons. The summed E-state index contributed by atoms with van der Waals surface area (Å²) in [5, 5.41) is 0. The van der Waals surface area contributed by atoms with Crippen LogP contribution in [0.1, 0.15) is 80.1 Å². The minimum atomic E-state index is 0. The average Bonchev–Trinajstić information content (AvgIpc) is 2.41. The third kappa shape index (κ3) is 38.2. The fourth-order valence-electron chi connectivity index (χ4n) is 2.57. The van der Waals surface area contributed by atoms with Crippen LogP contribution in [0.2, 0.25) is 0 Å². The van der Waals surface area contributed by atoms with Crippen molar-refractivity contribution in [2.24, 2.45) is 0 Å². The van der Waals surface area contributed by atoms with Gasteiger partial charge in [0.25, 0.3) is 0 Å². The van der Waals surface area contributed by atoms with Crippen LogP contribution in [-0.2, 0) is 26.2 Å². The molecule has 0 aromatic heterocycles. The van der Waals surface area contributed by atoms with Gasteiger partial charge in [0.2, 0.25) is 0 Å². The van der Waals surface area contributed by atoms with Crippen LogP contribution in [0.3, 0.4) is 0 Å². The Kier molecular flexibility index (Phi) is 76.4. The van der Waals surface area contributed by atoms with Crippen LogP contribution in [0.15, 0.2) is 0 Å². The molecule has 0 nitrogen and oxygen atoms in total. The molecule has 0 aliphatic heterocycles. The summed E-state index contributed by atoms with van der Waals surface area (Å²) in [5.74, 6) is 0. The van der Waals surface area contributed by atoms with Crippen molar-refractivity contribution in [3.8, 4) is 0 Å². The van der Waals surface area contributed by atoms with Crippen LogP contribution >= 0.6 is 15.8 Å². The fourth-order valence-corrected chi connectivity index (χ4v) is 7.70. The molecule has 0 amide bonds. The van der Waals surface area contributed by atoms with Gasteiger partial charge in [0.1, 0.15) is 0 Å². The van der Waals surface area contributed by atoms with Gasteiger partial charge >= 0.3 is 26.2 Å². The maximum absolute atomic E-state index is 2.31. The van der Waals surface area contributed by atoms with E-state index in [4.69, 9.17) is 0 Å². The van der Waals surface area contributed by atoms with E-state index in [1.807, 2.05) is 0 Å². The molecule has 7 heteroatoms. The molecular formula is C18H42Cl4P2Zr. The Bertz CT molecular complexity index is 135. The summed E-state index contributed by atoms with van der Waals surface area (Å²) in [5.41, 5.74) is 0. The van der Waals surface area contributed by atoms with Crippen molar-refractivity contribution in [2.45, 2.75) is 80.1 Å². The topological polar surface area (TPSA) is 0 Å². The maximum Gasteiger partial charge on any atom is 4.00 e. The van der Waals surface area contributed by atoms with Crippen molar-refractivity contribution in [3.05, 3.63) is 0 Å². The Hall–Kier alpha value is 2.90. The molecule has 0 unspecified atom stereocenters. The van der Waals surface area contributed by atoms with Gasteiger partial charge in [-0.2, -0.15) is 0 Å². The van der Waals surface area contributed by atoms with Gasteiger partial charge in [-0.05, 0) is 37.0 Å². The second-order valence-electron chi connectivity index (χ2n) is 5.68. The SMILES string of the molecule is CCCP(CCC)CCC.CCCP(CCC)CCC.[Cl-].[Cl-].[Cl-].[Cl-].[Zr+4]. The third-order valence-corrected chi connectivity index (χ3v) is 9.72. The van der Waals surface area contributed by atoms with Crippen molar-refractivity contribution in [1.29, 1.82) is 0 Å². The van der Waals surface area contributed by atoms with E-state index in [0.29, 0.717) is 15.8 Å². The monoisotopic (exact) mass is 550 g/mol. The Morgan fingerprint density at radius 1 is 0.360 bits per heavy atom. The molecule has 0 rings (SSSR count). The summed E-state index contributed by atoms with van der Waals surface area (Å²) in [7, 11) is 0.878. The van der Waals surface area contributed by atoms with E-state index in [1.165, 1.54) is 75.5 Å². The van der Waals surface area contributed by atoms with Crippen LogP contribution in [0.25, 0.3) is 0 Å². The summed E-state index contributed by atoms with van der Waals surface area (Å²) in [6.45, 7) is 13.8. The summed E-state index contributed by atoms with van der Waals surface area (Å²) in [4.78, 5) is 0. The number of hydrogen-bond acceptors (Lipinski definition) is 0. The van der Waals surface area contributed by atoms with Crippen LogP contribution < -0.4 is 49.6 Å². The minimum absolute atomic E-state index is 0. The van der Waals surface area contributed by atoms with Gasteiger partial charge in [0.15, 0.2) is 0 Å². The van der Waals surface area contributed by atoms with E-state index >= 15 is 0 Å². The molecule has 0 heterocycles. The molecule has 0 saturated carbocycles. The van der Waals surface area contributed by atoms with Gasteiger partial charge in [-0.3, -0.25) is 0 Å². The van der Waals surface area contributed by atoms with E-state index in [0.717, 1.165) is 0 Å². The van der Waals surface area contributed by atoms with Gasteiger partial charge in [-0.1, -0.05) is 80.1 Å². The zero-order valence-electron chi connectivity index (χ0n) is 17.4. The standard InChI is InChI=1S/2C9H21P.4ClH.Zr/c2*1-4-7-10(8-5-2)9-6-3;;;;;/h2*4-9H2,1-3H3;4*1H;/q;;;;;;+4/p-4. The largest absolute Gasteiger partial charge is 4.00 e. The first-order valence-corrected chi connectivity index (χ1v) is 12.9. The van der Waals surface area contributed by atoms with Crippen molar-refractivity contribution < 1.29 is 75.8 Å². The summed E-state index contributed by atoms with van der Waals surface area (Å²) < 4.78 is 0. The molecule has 0 aliphatic rings. The van der Waals surface area contributed by atoms with Crippen molar-refractivity contribution >= 4 is 15.8 Å². The smallest absolute Gasteiger partial charge is 1.00 e. The Balaban J connectivity index is -0.0000000432. The Labute approximate surface area is 207 Å². The first-order valence-electron chi connectivity index (χ1n) is 9.14. The first kappa shape index (κ1) is 46.2. The predicted molar refractivity (Wildman–Crippen MR) is 105 cm³/mol. The maximum atomic E-state index is 2.31. The second kappa shape index (κ2) is 41.3. The average molecular weight is 554 g/mol. The van der Waals surface area contributed by atoms with Crippen molar-refractivity contribution in [2.75, 3.05) is 37.0 Å². The first-order chi connectivity index (χ1) is 9.69. The molecule has 0 aromatic carbocycles. The van der Waals surface area contributed by atoms with Gasteiger partial charge in [-0.15, -0.1) is 15.8 Å². The molecule has 0 spiro atoms. The normalized spacial score (nSPS) is 8.64. The summed E-state index contributed by atoms with van der Waals surface area (Å²) in [6, 6.07) is 0. The van der Waals surface area contributed by atoms with Crippen molar-refractivity contribution in [1.82, 2.24) is 0 Å². The molecule has 0 aliphatic carbocycles. The molecule has 0 aromatic rings. The van der Waals surface area contributed by atoms with E-state index in [-0.39, 0.29) is 75.8 Å². The zero-order valence-corrected chi connectivity index (χ0v) is 24.7. The quantitative estimate of drug-likeness (QED) is 0.214. The number of rotatable bonds is 12. The predicted octanol–water partition coefficient (Wildman–Crippen LogP) is -4.59. The van der Waals surface area contributed by atoms with E-state index in [9.17, 15) is 0 Å². The molecule has 25 heavy (non-hydrogen) atoms. The number of halogens is 4. The van der Waals surface area contributed by atoms with E-state index in [2.05, 4.69) is 41.5 Å². The van der Waals surface area contributed by atoms with Crippen LogP contribution in [-0.4, -0.2) is 37.0 Å². The number of hydrogen-bond donors (Lipinski definition) is 0. The summed E-state index contributed by atoms with van der Waals surface area (Å²) >= 11 is 0.